The van der Waals surface area contributed by atoms with Crippen LogP contribution in [0.25, 0.3) is 0 Å². The van der Waals surface area contributed by atoms with Gasteiger partial charge >= 0.3 is 5.97 Å². The van der Waals surface area contributed by atoms with Gasteiger partial charge in [0.1, 0.15) is 23.7 Å². The third kappa shape index (κ3) is 13.7. The highest BCUT2D eigenvalue weighted by atomic mass is 16.4. The molecule has 1 aliphatic heterocycles. The van der Waals surface area contributed by atoms with Crippen LogP contribution >= 0.6 is 0 Å². The fraction of sp³-hybridized carbons (Fsp3) is 0.564. The minimum Gasteiger partial charge on any atom is -0.480 e. The van der Waals surface area contributed by atoms with Crippen LogP contribution in [-0.4, -0.2) is 95.0 Å². The lowest BCUT2D eigenvalue weighted by Crippen LogP contribution is -2.60. The number of rotatable bonds is 20. The first kappa shape index (κ1) is 42.1. The standard InChI is InChI=1S/C39H59N7O6/c1-26(2)23-32(35(48)43-31(17-11-12-20-42-27(3)4)37(50)46-21-18-39(41,19-22-46)38(51)52)45-36(49)33(25-29-15-9-6-10-16-29)44-34(47)30(40)24-28-13-7-5-8-14-28/h5-10,13-16,26-27,30-33,42H,11-12,17-25,40-41H2,1-4H3,(H,43,48)(H,44,47)(H,45,49)(H,51,52)/t30-,31-,32-,33-/m1/s1. The summed E-state index contributed by atoms with van der Waals surface area (Å²) < 4.78 is 0. The molecule has 0 saturated carbocycles. The van der Waals surface area contributed by atoms with E-state index < -0.39 is 53.4 Å². The van der Waals surface area contributed by atoms with Crippen LogP contribution in [0.15, 0.2) is 60.7 Å². The van der Waals surface area contributed by atoms with Crippen LogP contribution in [0.4, 0.5) is 0 Å². The zero-order valence-corrected chi connectivity index (χ0v) is 31.1. The maximum Gasteiger partial charge on any atom is 0.323 e. The maximum absolute atomic E-state index is 14.0. The third-order valence-electron chi connectivity index (χ3n) is 9.37. The number of carbonyl (C=O) groups is 5. The number of piperidine rings is 1. The Hall–Kier alpha value is -4.33. The monoisotopic (exact) mass is 721 g/mol. The lowest BCUT2D eigenvalue weighted by Gasteiger charge is -2.38. The molecule has 1 heterocycles. The molecule has 3 rings (SSSR count). The molecule has 1 saturated heterocycles. The van der Waals surface area contributed by atoms with Gasteiger partial charge in [-0.15, -0.1) is 0 Å². The van der Waals surface area contributed by atoms with Gasteiger partial charge in [0.05, 0.1) is 6.04 Å². The number of hydrogen-bond donors (Lipinski definition) is 7. The number of carboxylic acids is 1. The zero-order valence-electron chi connectivity index (χ0n) is 31.1. The first-order valence-electron chi connectivity index (χ1n) is 18.5. The zero-order chi connectivity index (χ0) is 38.3. The van der Waals surface area contributed by atoms with Gasteiger partial charge in [-0.05, 0) is 68.5 Å². The van der Waals surface area contributed by atoms with E-state index >= 15 is 0 Å². The molecule has 4 amide bonds. The van der Waals surface area contributed by atoms with E-state index in [-0.39, 0.29) is 57.0 Å². The SMILES string of the molecule is CC(C)C[C@@H](NC(=O)[C@@H](Cc1ccccc1)NC(=O)[C@H](N)Cc1ccccc1)C(=O)N[C@H](CCCCNC(C)C)C(=O)N1CCC(N)(C(=O)O)CC1. The number of hydrogen-bond acceptors (Lipinski definition) is 8. The summed E-state index contributed by atoms with van der Waals surface area (Å²) in [5.74, 6) is -2.96. The maximum atomic E-state index is 14.0. The number of aliphatic carboxylic acids is 1. The van der Waals surface area contributed by atoms with Gasteiger partial charge in [-0.3, -0.25) is 24.0 Å². The Morgan fingerprint density at radius 2 is 1.27 bits per heavy atom. The summed E-state index contributed by atoms with van der Waals surface area (Å²) >= 11 is 0. The van der Waals surface area contributed by atoms with Gasteiger partial charge in [-0.25, -0.2) is 0 Å². The highest BCUT2D eigenvalue weighted by molar-refractivity contribution is 5.95. The van der Waals surface area contributed by atoms with Crippen molar-refractivity contribution in [3.8, 4) is 0 Å². The van der Waals surface area contributed by atoms with Gasteiger partial charge < -0.3 is 42.7 Å². The number of carbonyl (C=O) groups excluding carboxylic acids is 4. The number of benzene rings is 2. The molecular formula is C39H59N7O6. The smallest absolute Gasteiger partial charge is 0.323 e. The Labute approximate surface area is 308 Å². The molecule has 13 nitrogen and oxygen atoms in total. The third-order valence-corrected chi connectivity index (χ3v) is 9.37. The van der Waals surface area contributed by atoms with Gasteiger partial charge in [0.15, 0.2) is 0 Å². The molecule has 1 fully saturated rings. The van der Waals surface area contributed by atoms with Crippen molar-refractivity contribution in [2.75, 3.05) is 19.6 Å². The summed E-state index contributed by atoms with van der Waals surface area (Å²) in [6.07, 6.45) is 2.73. The van der Waals surface area contributed by atoms with Crippen LogP contribution in [0.5, 0.6) is 0 Å². The Bertz CT molecular complexity index is 1450. The molecule has 9 N–H and O–H groups in total. The summed E-state index contributed by atoms with van der Waals surface area (Å²) in [7, 11) is 0. The van der Waals surface area contributed by atoms with Gasteiger partial charge in [0.2, 0.25) is 23.6 Å². The minimum absolute atomic E-state index is 0.00422. The molecule has 0 unspecified atom stereocenters. The van der Waals surface area contributed by atoms with Gasteiger partial charge in [-0.2, -0.15) is 0 Å². The number of amides is 4. The molecule has 52 heavy (non-hydrogen) atoms. The molecule has 13 heteroatoms. The molecule has 286 valence electrons. The topological polar surface area (TPSA) is 209 Å². The van der Waals surface area contributed by atoms with Crippen molar-refractivity contribution in [1.82, 2.24) is 26.2 Å². The van der Waals surface area contributed by atoms with Crippen LogP contribution in [-0.2, 0) is 36.8 Å². The predicted octanol–water partition coefficient (Wildman–Crippen LogP) is 1.87. The van der Waals surface area contributed by atoms with E-state index in [1.807, 2.05) is 74.5 Å². The van der Waals surface area contributed by atoms with Gasteiger partial charge in [0, 0.05) is 25.6 Å². The Morgan fingerprint density at radius 1 is 0.750 bits per heavy atom. The Kier molecular flexibility index (Phi) is 16.7. The second kappa shape index (κ2) is 20.6. The highest BCUT2D eigenvalue weighted by Gasteiger charge is 2.40. The molecular weight excluding hydrogens is 662 g/mol. The minimum atomic E-state index is -1.40. The molecule has 0 radical (unpaired) electrons. The summed E-state index contributed by atoms with van der Waals surface area (Å²) in [6, 6.07) is 15.1. The number of carboxylic acid groups (broad SMARTS) is 1. The summed E-state index contributed by atoms with van der Waals surface area (Å²) in [4.78, 5) is 68.3. The number of likely N-dealkylation sites (tertiary alicyclic amines) is 1. The van der Waals surface area contributed by atoms with Crippen LogP contribution in [0.2, 0.25) is 0 Å². The number of nitrogens with one attached hydrogen (secondary N) is 4. The van der Waals surface area contributed by atoms with Crippen molar-refractivity contribution in [1.29, 1.82) is 0 Å². The molecule has 2 aromatic rings. The normalized spacial score (nSPS) is 16.4. The second-order valence-electron chi connectivity index (χ2n) is 14.7. The number of unbranched alkanes of at least 4 members (excludes halogenated alkanes) is 1. The average molecular weight is 722 g/mol. The first-order valence-corrected chi connectivity index (χ1v) is 18.5. The van der Waals surface area contributed by atoms with E-state index in [1.54, 1.807) is 4.90 Å². The highest BCUT2D eigenvalue weighted by Crippen LogP contribution is 2.21. The van der Waals surface area contributed by atoms with Crippen molar-refractivity contribution in [2.24, 2.45) is 17.4 Å². The predicted molar refractivity (Wildman–Crippen MR) is 201 cm³/mol. The Balaban J connectivity index is 1.77. The largest absolute Gasteiger partial charge is 0.480 e. The summed E-state index contributed by atoms with van der Waals surface area (Å²) in [5.41, 5.74) is 12.6. The van der Waals surface area contributed by atoms with Crippen molar-refractivity contribution in [2.45, 2.75) is 115 Å². The average Bonchev–Trinajstić information content (AvgIpc) is 3.10. The molecule has 4 atom stereocenters. The fourth-order valence-corrected chi connectivity index (χ4v) is 6.23. The molecule has 2 aromatic carbocycles. The molecule has 0 bridgehead atoms. The summed E-state index contributed by atoms with van der Waals surface area (Å²) in [6.45, 7) is 9.02. The lowest BCUT2D eigenvalue weighted by molar-refractivity contribution is -0.148. The van der Waals surface area contributed by atoms with E-state index in [0.29, 0.717) is 18.9 Å². The van der Waals surface area contributed by atoms with Crippen LogP contribution in [0.1, 0.15) is 77.3 Å². The van der Waals surface area contributed by atoms with E-state index in [4.69, 9.17) is 11.5 Å². The van der Waals surface area contributed by atoms with E-state index in [1.165, 1.54) is 0 Å². The molecule has 0 aliphatic carbocycles. The van der Waals surface area contributed by atoms with Gasteiger partial charge in [0.25, 0.3) is 0 Å². The quantitative estimate of drug-likeness (QED) is 0.0995. The van der Waals surface area contributed by atoms with Crippen LogP contribution < -0.4 is 32.7 Å². The molecule has 0 spiro atoms. The van der Waals surface area contributed by atoms with Crippen molar-refractivity contribution in [3.63, 3.8) is 0 Å². The van der Waals surface area contributed by atoms with Crippen molar-refractivity contribution >= 4 is 29.6 Å². The summed E-state index contributed by atoms with van der Waals surface area (Å²) in [5, 5.41) is 21.5. The van der Waals surface area contributed by atoms with Crippen LogP contribution in [0, 0.1) is 5.92 Å². The second-order valence-corrected chi connectivity index (χ2v) is 14.7. The fourth-order valence-electron chi connectivity index (χ4n) is 6.23. The van der Waals surface area contributed by atoms with Crippen molar-refractivity contribution in [3.05, 3.63) is 71.8 Å². The van der Waals surface area contributed by atoms with Crippen LogP contribution in [0.3, 0.4) is 0 Å². The lowest BCUT2D eigenvalue weighted by atomic mass is 9.88. The van der Waals surface area contributed by atoms with E-state index in [9.17, 15) is 29.1 Å². The molecule has 0 aromatic heterocycles. The molecule has 1 aliphatic rings. The van der Waals surface area contributed by atoms with E-state index in [2.05, 4.69) is 35.1 Å². The number of nitrogens with two attached hydrogens (primary N) is 2. The Morgan fingerprint density at radius 3 is 1.81 bits per heavy atom. The van der Waals surface area contributed by atoms with Gasteiger partial charge in [-0.1, -0.05) is 88.4 Å². The van der Waals surface area contributed by atoms with Crippen molar-refractivity contribution < 1.29 is 29.1 Å². The first-order chi connectivity index (χ1) is 24.7. The van der Waals surface area contributed by atoms with E-state index in [0.717, 1.165) is 24.1 Å². The number of nitrogens with zero attached hydrogens (tertiary/aromatic N) is 1.